The quantitative estimate of drug-likeness (QED) is 0.608. The molecule has 7 nitrogen and oxygen atoms in total. The minimum atomic E-state index is -3.91. The van der Waals surface area contributed by atoms with E-state index < -0.39 is 15.6 Å². The number of nitrogens with zero attached hydrogens (tertiary/aromatic N) is 1. The van der Waals surface area contributed by atoms with Crippen LogP contribution in [0.2, 0.25) is 0 Å². The van der Waals surface area contributed by atoms with E-state index in [1.54, 1.807) is 31.2 Å². The van der Waals surface area contributed by atoms with Crippen molar-refractivity contribution in [3.63, 3.8) is 0 Å². The number of rotatable bonds is 7. The standard InChI is InChI=1S/C22H23N3O4S/c1-16-8-6-7-9-18(16)14-23-21(26)15-25-17(2)12-13-20(22(25)27)24-30(28,29)19-10-4-3-5-11-19/h3-13,24H,14-15H2,1-2H3,(H,23,26). The number of carbonyl (C=O) groups excluding carboxylic acids is 1. The maximum absolute atomic E-state index is 12.8. The lowest BCUT2D eigenvalue weighted by Gasteiger charge is -2.14. The second-order valence-electron chi connectivity index (χ2n) is 6.90. The van der Waals surface area contributed by atoms with E-state index in [9.17, 15) is 18.0 Å². The van der Waals surface area contributed by atoms with Gasteiger partial charge in [-0.3, -0.25) is 14.3 Å². The second kappa shape index (κ2) is 8.96. The van der Waals surface area contributed by atoms with E-state index in [1.165, 1.54) is 22.8 Å². The zero-order valence-electron chi connectivity index (χ0n) is 16.8. The fourth-order valence-corrected chi connectivity index (χ4v) is 4.03. The largest absolute Gasteiger partial charge is 0.350 e. The molecular formula is C22H23N3O4S. The summed E-state index contributed by atoms with van der Waals surface area (Å²) >= 11 is 0. The van der Waals surface area contributed by atoms with E-state index in [-0.39, 0.29) is 23.0 Å². The van der Waals surface area contributed by atoms with Crippen LogP contribution in [0.5, 0.6) is 0 Å². The number of sulfonamides is 1. The van der Waals surface area contributed by atoms with Crippen LogP contribution in [-0.4, -0.2) is 18.9 Å². The van der Waals surface area contributed by atoms with Crippen LogP contribution in [0, 0.1) is 13.8 Å². The van der Waals surface area contributed by atoms with Crippen molar-refractivity contribution < 1.29 is 13.2 Å². The normalized spacial score (nSPS) is 11.1. The number of hydrogen-bond donors (Lipinski definition) is 2. The van der Waals surface area contributed by atoms with Crippen LogP contribution in [0.15, 0.2) is 76.4 Å². The van der Waals surface area contributed by atoms with Gasteiger partial charge in [0.05, 0.1) is 4.90 Å². The number of anilines is 1. The van der Waals surface area contributed by atoms with Crippen molar-refractivity contribution in [3.05, 3.63) is 93.9 Å². The van der Waals surface area contributed by atoms with Crippen LogP contribution in [0.3, 0.4) is 0 Å². The molecule has 2 N–H and O–H groups in total. The molecule has 1 heterocycles. The van der Waals surface area contributed by atoms with Gasteiger partial charge in [0, 0.05) is 12.2 Å². The highest BCUT2D eigenvalue weighted by Crippen LogP contribution is 2.13. The predicted molar refractivity (Wildman–Crippen MR) is 116 cm³/mol. The first kappa shape index (κ1) is 21.3. The second-order valence-corrected chi connectivity index (χ2v) is 8.58. The highest BCUT2D eigenvalue weighted by molar-refractivity contribution is 7.92. The third-order valence-electron chi connectivity index (χ3n) is 4.73. The molecule has 0 saturated carbocycles. The molecule has 0 radical (unpaired) electrons. The Labute approximate surface area is 175 Å². The molecule has 3 rings (SSSR count). The Hall–Kier alpha value is -3.39. The number of benzene rings is 2. The number of nitrogens with one attached hydrogen (secondary N) is 2. The Morgan fingerprint density at radius 2 is 1.60 bits per heavy atom. The molecule has 1 amide bonds. The summed E-state index contributed by atoms with van der Waals surface area (Å²) in [6.45, 7) is 3.78. The average molecular weight is 426 g/mol. The van der Waals surface area contributed by atoms with Crippen LogP contribution < -0.4 is 15.6 Å². The minimum absolute atomic E-state index is 0.0486. The van der Waals surface area contributed by atoms with E-state index in [1.807, 2.05) is 31.2 Å². The minimum Gasteiger partial charge on any atom is -0.350 e. The first-order chi connectivity index (χ1) is 14.3. The highest BCUT2D eigenvalue weighted by atomic mass is 32.2. The van der Waals surface area contributed by atoms with Crippen molar-refractivity contribution in [2.75, 3.05) is 4.72 Å². The van der Waals surface area contributed by atoms with Gasteiger partial charge in [-0.2, -0.15) is 0 Å². The number of amides is 1. The summed E-state index contributed by atoms with van der Waals surface area (Å²) in [5.41, 5.74) is 1.90. The third kappa shape index (κ3) is 4.96. The Morgan fingerprint density at radius 3 is 2.30 bits per heavy atom. The summed E-state index contributed by atoms with van der Waals surface area (Å²) in [5, 5.41) is 2.80. The van der Waals surface area contributed by atoms with Gasteiger partial charge in [0.2, 0.25) is 5.91 Å². The highest BCUT2D eigenvalue weighted by Gasteiger charge is 2.17. The fraction of sp³-hybridized carbons (Fsp3) is 0.182. The molecule has 0 unspecified atom stereocenters. The van der Waals surface area contributed by atoms with Crippen molar-refractivity contribution in [2.24, 2.45) is 0 Å². The number of aryl methyl sites for hydroxylation is 2. The zero-order valence-corrected chi connectivity index (χ0v) is 17.6. The van der Waals surface area contributed by atoms with Crippen molar-refractivity contribution in [2.45, 2.75) is 31.8 Å². The Bertz CT molecular complexity index is 1220. The molecule has 2 aromatic carbocycles. The molecule has 1 aromatic heterocycles. The van der Waals surface area contributed by atoms with Crippen molar-refractivity contribution in [1.29, 1.82) is 0 Å². The van der Waals surface area contributed by atoms with Crippen LogP contribution >= 0.6 is 0 Å². The average Bonchev–Trinajstić information content (AvgIpc) is 2.73. The van der Waals surface area contributed by atoms with Crippen LogP contribution in [-0.2, 0) is 27.9 Å². The maximum atomic E-state index is 12.8. The van der Waals surface area contributed by atoms with E-state index >= 15 is 0 Å². The number of hydrogen-bond acceptors (Lipinski definition) is 4. The molecule has 8 heteroatoms. The monoisotopic (exact) mass is 425 g/mol. The van der Waals surface area contributed by atoms with E-state index in [0.29, 0.717) is 12.2 Å². The summed E-state index contributed by atoms with van der Waals surface area (Å²) in [6.07, 6.45) is 0. The van der Waals surface area contributed by atoms with Gasteiger partial charge in [-0.25, -0.2) is 8.42 Å². The van der Waals surface area contributed by atoms with Gasteiger partial charge in [0.25, 0.3) is 15.6 Å². The van der Waals surface area contributed by atoms with Gasteiger partial charge in [0.1, 0.15) is 12.2 Å². The summed E-state index contributed by atoms with van der Waals surface area (Å²) in [7, 11) is -3.91. The van der Waals surface area contributed by atoms with E-state index in [2.05, 4.69) is 10.0 Å². The van der Waals surface area contributed by atoms with Gasteiger partial charge in [-0.1, -0.05) is 42.5 Å². The molecule has 156 valence electrons. The lowest BCUT2D eigenvalue weighted by molar-refractivity contribution is -0.121. The van der Waals surface area contributed by atoms with E-state index in [4.69, 9.17) is 0 Å². The van der Waals surface area contributed by atoms with Crippen LogP contribution in [0.1, 0.15) is 16.8 Å². The molecule has 30 heavy (non-hydrogen) atoms. The molecule has 0 saturated heterocycles. The van der Waals surface area contributed by atoms with Crippen LogP contribution in [0.4, 0.5) is 5.69 Å². The molecule has 0 aliphatic heterocycles. The predicted octanol–water partition coefficient (Wildman–Crippen LogP) is 2.58. The lowest BCUT2D eigenvalue weighted by Crippen LogP contribution is -2.34. The number of pyridine rings is 1. The summed E-state index contributed by atoms with van der Waals surface area (Å²) in [6, 6.07) is 18.5. The zero-order chi connectivity index (χ0) is 21.7. The molecule has 3 aromatic rings. The molecular weight excluding hydrogens is 402 g/mol. The smallest absolute Gasteiger partial charge is 0.275 e. The van der Waals surface area contributed by atoms with Crippen molar-refractivity contribution in [1.82, 2.24) is 9.88 Å². The van der Waals surface area contributed by atoms with Gasteiger partial charge < -0.3 is 9.88 Å². The lowest BCUT2D eigenvalue weighted by atomic mass is 10.1. The van der Waals surface area contributed by atoms with Crippen LogP contribution in [0.25, 0.3) is 0 Å². The topological polar surface area (TPSA) is 97.3 Å². The Kier molecular flexibility index (Phi) is 6.37. The molecule has 0 aliphatic rings. The molecule has 0 bridgehead atoms. The van der Waals surface area contributed by atoms with Gasteiger partial charge in [0.15, 0.2) is 0 Å². The first-order valence-corrected chi connectivity index (χ1v) is 10.9. The molecule has 0 atom stereocenters. The number of aromatic nitrogens is 1. The third-order valence-corrected chi connectivity index (χ3v) is 6.11. The van der Waals surface area contributed by atoms with Gasteiger partial charge >= 0.3 is 0 Å². The molecule has 0 aliphatic carbocycles. The summed E-state index contributed by atoms with van der Waals surface area (Å²) < 4.78 is 28.6. The Morgan fingerprint density at radius 1 is 0.933 bits per heavy atom. The SMILES string of the molecule is Cc1ccccc1CNC(=O)Cn1c(C)ccc(NS(=O)(=O)c2ccccc2)c1=O. The van der Waals surface area contributed by atoms with E-state index in [0.717, 1.165) is 11.1 Å². The maximum Gasteiger partial charge on any atom is 0.275 e. The Balaban J connectivity index is 1.77. The summed E-state index contributed by atoms with van der Waals surface area (Å²) in [5.74, 6) is -0.341. The molecule has 0 spiro atoms. The van der Waals surface area contributed by atoms with Gasteiger partial charge in [-0.15, -0.1) is 0 Å². The van der Waals surface area contributed by atoms with Gasteiger partial charge in [-0.05, 0) is 49.2 Å². The first-order valence-electron chi connectivity index (χ1n) is 9.37. The number of carbonyl (C=O) groups is 1. The molecule has 0 fully saturated rings. The summed E-state index contributed by atoms with van der Waals surface area (Å²) in [4.78, 5) is 25.3. The van der Waals surface area contributed by atoms with Crippen molar-refractivity contribution in [3.8, 4) is 0 Å². The fourth-order valence-electron chi connectivity index (χ4n) is 2.95. The van der Waals surface area contributed by atoms with Crippen molar-refractivity contribution >= 4 is 21.6 Å².